The zero-order valence-corrected chi connectivity index (χ0v) is 15.0. The molecule has 1 aliphatic heterocycles. The van der Waals surface area contributed by atoms with Crippen LogP contribution < -0.4 is 4.74 Å². The van der Waals surface area contributed by atoms with Gasteiger partial charge in [-0.1, -0.05) is 24.3 Å². The number of esters is 1. The van der Waals surface area contributed by atoms with Crippen LogP contribution >= 0.6 is 0 Å². The summed E-state index contributed by atoms with van der Waals surface area (Å²) in [4.78, 5) is 12.2. The molecule has 0 aromatic heterocycles. The largest absolute Gasteiger partial charge is 0.508 e. The fraction of sp³-hybridized carbons (Fsp3) is 0.250. The van der Waals surface area contributed by atoms with Crippen LogP contribution in [0.1, 0.15) is 11.1 Å². The van der Waals surface area contributed by atoms with Gasteiger partial charge in [0.15, 0.2) is 12.4 Å². The summed E-state index contributed by atoms with van der Waals surface area (Å²) >= 11 is 0. The van der Waals surface area contributed by atoms with E-state index in [-0.39, 0.29) is 17.2 Å². The summed E-state index contributed by atoms with van der Waals surface area (Å²) in [5.41, 5.74) is 1.32. The van der Waals surface area contributed by atoms with Crippen molar-refractivity contribution in [2.45, 2.75) is 30.7 Å². The lowest BCUT2D eigenvalue weighted by molar-refractivity contribution is -0.279. The number of phenols is 2. The number of carbonyl (C=O) groups excluding carboxylic acids is 1. The first-order valence-corrected chi connectivity index (χ1v) is 8.65. The van der Waals surface area contributed by atoms with E-state index in [2.05, 4.69) is 0 Å². The van der Waals surface area contributed by atoms with Crippen LogP contribution in [0.4, 0.5) is 0 Å². The van der Waals surface area contributed by atoms with Gasteiger partial charge in [0, 0.05) is 6.07 Å². The zero-order valence-electron chi connectivity index (χ0n) is 15.0. The molecule has 1 aliphatic rings. The van der Waals surface area contributed by atoms with Crippen molar-refractivity contribution in [1.29, 1.82) is 0 Å². The van der Waals surface area contributed by atoms with E-state index >= 15 is 0 Å². The molecular formula is C20H20O9. The summed E-state index contributed by atoms with van der Waals surface area (Å²) in [5.74, 6) is -1.04. The van der Waals surface area contributed by atoms with Crippen LogP contribution in [0.3, 0.4) is 0 Å². The molecule has 0 radical (unpaired) electrons. The van der Waals surface area contributed by atoms with E-state index in [1.54, 1.807) is 24.3 Å². The summed E-state index contributed by atoms with van der Waals surface area (Å²) < 4.78 is 9.90. The van der Waals surface area contributed by atoms with Crippen molar-refractivity contribution >= 4 is 18.1 Å². The summed E-state index contributed by atoms with van der Waals surface area (Å²) in [7, 11) is 0. The van der Waals surface area contributed by atoms with Gasteiger partial charge in [0.1, 0.15) is 35.6 Å². The van der Waals surface area contributed by atoms with Crippen LogP contribution in [0.5, 0.6) is 17.2 Å². The molecule has 2 aromatic carbocycles. The molecule has 9 nitrogen and oxygen atoms in total. The van der Waals surface area contributed by atoms with Crippen LogP contribution in [-0.2, 0) is 9.53 Å². The van der Waals surface area contributed by atoms with E-state index in [0.29, 0.717) is 5.56 Å². The van der Waals surface area contributed by atoms with Gasteiger partial charge in [-0.05, 0) is 35.4 Å². The lowest BCUT2D eigenvalue weighted by Crippen LogP contribution is -2.60. The molecule has 0 spiro atoms. The van der Waals surface area contributed by atoms with Crippen LogP contribution in [0, 0.1) is 0 Å². The van der Waals surface area contributed by atoms with Crippen molar-refractivity contribution < 1.29 is 44.9 Å². The lowest BCUT2D eigenvalue weighted by atomic mass is 9.99. The molecule has 0 amide bonds. The van der Waals surface area contributed by atoms with E-state index in [1.165, 1.54) is 30.3 Å². The van der Waals surface area contributed by atoms with Gasteiger partial charge in [0.2, 0.25) is 0 Å². The Hall–Kier alpha value is -2.95. The molecule has 1 heterocycles. The third kappa shape index (κ3) is 4.91. The normalized spacial score (nSPS) is 27.1. The van der Waals surface area contributed by atoms with Gasteiger partial charge in [0.05, 0.1) is 0 Å². The van der Waals surface area contributed by atoms with Crippen LogP contribution in [-0.4, -0.2) is 67.3 Å². The molecule has 2 aromatic rings. The standard InChI is InChI=1S/C20H20O9/c21-12-7-11(8-13(22)9-12)2-1-10-3-5-14(6-4-10)28-20(27)18-16(24)15(23)17(25)19(26)29-18/h1-9,15-19,21-26H/b2-1+/t15-,16-,17+,18-,19+/m0/s1. The van der Waals surface area contributed by atoms with Crippen molar-refractivity contribution in [2.75, 3.05) is 0 Å². The number of phenolic OH excluding ortho intramolecular Hbond substituents is 2. The van der Waals surface area contributed by atoms with Crippen LogP contribution in [0.15, 0.2) is 42.5 Å². The first-order chi connectivity index (χ1) is 13.7. The molecule has 1 saturated heterocycles. The summed E-state index contributed by atoms with van der Waals surface area (Å²) in [6.07, 6.45) is -5.39. The third-order valence-corrected chi connectivity index (χ3v) is 4.31. The van der Waals surface area contributed by atoms with Gasteiger partial charge in [0.25, 0.3) is 0 Å². The first-order valence-electron chi connectivity index (χ1n) is 8.65. The van der Waals surface area contributed by atoms with Gasteiger partial charge < -0.3 is 40.1 Å². The predicted molar refractivity (Wildman–Crippen MR) is 99.7 cm³/mol. The Labute approximate surface area is 165 Å². The molecule has 1 fully saturated rings. The highest BCUT2D eigenvalue weighted by Gasteiger charge is 2.47. The summed E-state index contributed by atoms with van der Waals surface area (Å²) in [6.45, 7) is 0. The van der Waals surface area contributed by atoms with Gasteiger partial charge in [-0.25, -0.2) is 4.79 Å². The Balaban J connectivity index is 1.64. The van der Waals surface area contributed by atoms with Gasteiger partial charge >= 0.3 is 5.97 Å². The molecule has 154 valence electrons. The minimum atomic E-state index is -1.84. The number of hydrogen-bond acceptors (Lipinski definition) is 9. The maximum Gasteiger partial charge on any atom is 0.343 e. The fourth-order valence-corrected chi connectivity index (χ4v) is 2.78. The quantitative estimate of drug-likeness (QED) is 0.234. The Bertz CT molecular complexity index is 873. The molecule has 5 atom stereocenters. The van der Waals surface area contributed by atoms with E-state index in [1.807, 2.05) is 0 Å². The Morgan fingerprint density at radius 2 is 1.41 bits per heavy atom. The van der Waals surface area contributed by atoms with Gasteiger partial charge in [-0.2, -0.15) is 0 Å². The summed E-state index contributed by atoms with van der Waals surface area (Å²) in [6, 6.07) is 10.4. The smallest absolute Gasteiger partial charge is 0.343 e. The predicted octanol–water partition coefficient (Wildman–Crippen LogP) is -0.0265. The third-order valence-electron chi connectivity index (χ3n) is 4.31. The van der Waals surface area contributed by atoms with Gasteiger partial charge in [-0.3, -0.25) is 0 Å². The highest BCUT2D eigenvalue weighted by molar-refractivity contribution is 5.78. The Morgan fingerprint density at radius 3 is 2.03 bits per heavy atom. The maximum atomic E-state index is 12.2. The number of aliphatic hydroxyl groups is 4. The number of ether oxygens (including phenoxy) is 2. The second kappa shape index (κ2) is 8.60. The molecule has 0 aliphatic carbocycles. The van der Waals surface area contributed by atoms with Crippen molar-refractivity contribution in [3.05, 3.63) is 53.6 Å². The molecular weight excluding hydrogens is 384 g/mol. The maximum absolute atomic E-state index is 12.2. The monoisotopic (exact) mass is 404 g/mol. The second-order valence-electron chi connectivity index (χ2n) is 6.53. The van der Waals surface area contributed by atoms with E-state index in [4.69, 9.17) is 9.47 Å². The average molecular weight is 404 g/mol. The number of hydrogen-bond donors (Lipinski definition) is 6. The zero-order chi connectivity index (χ0) is 21.1. The van der Waals surface area contributed by atoms with Crippen molar-refractivity contribution in [2.24, 2.45) is 0 Å². The minimum Gasteiger partial charge on any atom is -0.508 e. The number of aromatic hydroxyl groups is 2. The van der Waals surface area contributed by atoms with E-state index in [0.717, 1.165) is 5.56 Å². The molecule has 0 unspecified atom stereocenters. The average Bonchev–Trinajstić information content (AvgIpc) is 2.68. The highest BCUT2D eigenvalue weighted by Crippen LogP contribution is 2.24. The van der Waals surface area contributed by atoms with Crippen molar-refractivity contribution in [3.8, 4) is 17.2 Å². The van der Waals surface area contributed by atoms with Crippen molar-refractivity contribution in [3.63, 3.8) is 0 Å². The molecule has 6 N–H and O–H groups in total. The fourth-order valence-electron chi connectivity index (χ4n) is 2.78. The number of rotatable bonds is 4. The lowest BCUT2D eigenvalue weighted by Gasteiger charge is -2.36. The highest BCUT2D eigenvalue weighted by atomic mass is 16.7. The van der Waals surface area contributed by atoms with E-state index in [9.17, 15) is 35.4 Å². The topological polar surface area (TPSA) is 157 Å². The SMILES string of the molecule is O=C(Oc1ccc(/C=C/c2cc(O)cc(O)c2)cc1)[C@H]1O[C@@H](O)[C@H](O)[C@@H](O)[C@@H]1O. The number of benzene rings is 2. The Morgan fingerprint density at radius 1 is 0.828 bits per heavy atom. The molecule has 3 rings (SSSR count). The van der Waals surface area contributed by atoms with Gasteiger partial charge in [-0.15, -0.1) is 0 Å². The summed E-state index contributed by atoms with van der Waals surface area (Å²) in [5, 5.41) is 57.3. The Kier molecular flexibility index (Phi) is 6.16. The van der Waals surface area contributed by atoms with Crippen LogP contribution in [0.2, 0.25) is 0 Å². The molecule has 9 heteroatoms. The van der Waals surface area contributed by atoms with Crippen molar-refractivity contribution in [1.82, 2.24) is 0 Å². The molecule has 0 bridgehead atoms. The van der Waals surface area contributed by atoms with E-state index < -0.39 is 36.7 Å². The first kappa shape index (κ1) is 20.8. The minimum absolute atomic E-state index is 0.0678. The molecule has 29 heavy (non-hydrogen) atoms. The number of carbonyl (C=O) groups is 1. The number of aliphatic hydroxyl groups excluding tert-OH is 4. The molecule has 0 saturated carbocycles. The van der Waals surface area contributed by atoms with Crippen LogP contribution in [0.25, 0.3) is 12.2 Å². The second-order valence-corrected chi connectivity index (χ2v) is 6.53.